The lowest BCUT2D eigenvalue weighted by atomic mass is 9.98. The molecule has 0 amide bonds. The van der Waals surface area contributed by atoms with Gasteiger partial charge in [-0.15, -0.1) is 0 Å². The van der Waals surface area contributed by atoms with Crippen LogP contribution in [0.25, 0.3) is 0 Å². The number of hydrogen-bond acceptors (Lipinski definition) is 2. The zero-order valence-electron chi connectivity index (χ0n) is 7.69. The Morgan fingerprint density at radius 2 is 2.36 bits per heavy atom. The van der Waals surface area contributed by atoms with Crippen molar-refractivity contribution in [3.05, 3.63) is 28.0 Å². The van der Waals surface area contributed by atoms with Crippen molar-refractivity contribution in [1.82, 2.24) is 0 Å². The van der Waals surface area contributed by atoms with E-state index in [1.165, 1.54) is 0 Å². The fourth-order valence-corrected chi connectivity index (χ4v) is 2.20. The molecular formula is C10H12BrFN2. The molecule has 0 aliphatic carbocycles. The van der Waals surface area contributed by atoms with Gasteiger partial charge in [0, 0.05) is 18.2 Å². The van der Waals surface area contributed by atoms with E-state index in [9.17, 15) is 4.39 Å². The first-order chi connectivity index (χ1) is 6.72. The number of rotatable bonds is 2. The molecule has 2 nitrogen and oxygen atoms in total. The topological polar surface area (TPSA) is 38.0 Å². The molecule has 0 saturated heterocycles. The summed E-state index contributed by atoms with van der Waals surface area (Å²) in [5.41, 5.74) is 7.58. The highest BCUT2D eigenvalue weighted by molar-refractivity contribution is 9.10. The molecule has 0 fully saturated rings. The summed E-state index contributed by atoms with van der Waals surface area (Å²) in [4.78, 5) is 0. The predicted octanol–water partition coefficient (Wildman–Crippen LogP) is 2.45. The summed E-state index contributed by atoms with van der Waals surface area (Å²) in [6.07, 6.45) is 0.904. The van der Waals surface area contributed by atoms with Gasteiger partial charge in [-0.05, 0) is 46.6 Å². The van der Waals surface area contributed by atoms with Crippen LogP contribution in [0.4, 0.5) is 10.1 Å². The van der Waals surface area contributed by atoms with E-state index >= 15 is 0 Å². The van der Waals surface area contributed by atoms with Crippen LogP contribution in [0.15, 0.2) is 16.6 Å². The minimum atomic E-state index is -0.200. The molecule has 1 atom stereocenters. The number of benzene rings is 1. The molecule has 4 heteroatoms. The van der Waals surface area contributed by atoms with E-state index in [0.29, 0.717) is 16.9 Å². The van der Waals surface area contributed by atoms with Gasteiger partial charge in [-0.2, -0.15) is 0 Å². The van der Waals surface area contributed by atoms with Crippen LogP contribution in [0.3, 0.4) is 0 Å². The van der Waals surface area contributed by atoms with Gasteiger partial charge in [0.15, 0.2) is 0 Å². The van der Waals surface area contributed by atoms with E-state index in [0.717, 1.165) is 24.2 Å². The number of halogens is 2. The van der Waals surface area contributed by atoms with Crippen molar-refractivity contribution < 1.29 is 4.39 Å². The third kappa shape index (κ3) is 1.64. The molecule has 0 spiro atoms. The summed E-state index contributed by atoms with van der Waals surface area (Å²) in [5, 5.41) is 3.25. The average molecular weight is 259 g/mol. The van der Waals surface area contributed by atoms with Crippen LogP contribution in [-0.4, -0.2) is 13.1 Å². The van der Waals surface area contributed by atoms with Crippen molar-refractivity contribution >= 4 is 21.6 Å². The fourth-order valence-electron chi connectivity index (χ4n) is 1.85. The van der Waals surface area contributed by atoms with E-state index in [2.05, 4.69) is 21.2 Å². The Morgan fingerprint density at radius 3 is 3.07 bits per heavy atom. The highest BCUT2D eigenvalue weighted by atomic mass is 79.9. The van der Waals surface area contributed by atoms with E-state index in [4.69, 9.17) is 5.73 Å². The monoisotopic (exact) mass is 258 g/mol. The van der Waals surface area contributed by atoms with Gasteiger partial charge in [0.25, 0.3) is 0 Å². The quantitative estimate of drug-likeness (QED) is 0.856. The van der Waals surface area contributed by atoms with Crippen molar-refractivity contribution in [3.63, 3.8) is 0 Å². The normalized spacial score (nSPS) is 19.2. The molecule has 1 aromatic carbocycles. The third-order valence-electron chi connectivity index (χ3n) is 2.59. The minimum absolute atomic E-state index is 0.200. The van der Waals surface area contributed by atoms with Crippen molar-refractivity contribution in [2.24, 2.45) is 5.73 Å². The van der Waals surface area contributed by atoms with Crippen LogP contribution in [-0.2, 0) is 0 Å². The van der Waals surface area contributed by atoms with Crippen LogP contribution in [0.5, 0.6) is 0 Å². The van der Waals surface area contributed by atoms with Crippen LogP contribution in [0.1, 0.15) is 17.9 Å². The molecule has 1 heterocycles. The molecule has 3 N–H and O–H groups in total. The number of hydrogen-bond donors (Lipinski definition) is 2. The first-order valence-corrected chi connectivity index (χ1v) is 5.44. The molecule has 1 aliphatic heterocycles. The molecule has 76 valence electrons. The molecule has 0 saturated carbocycles. The number of nitrogens with one attached hydrogen (secondary N) is 1. The maximum Gasteiger partial charge on any atom is 0.137 e. The van der Waals surface area contributed by atoms with E-state index in [-0.39, 0.29) is 5.82 Å². The van der Waals surface area contributed by atoms with Gasteiger partial charge in [0.05, 0.1) is 4.47 Å². The first kappa shape index (κ1) is 9.93. The second kappa shape index (κ2) is 3.87. The number of nitrogens with two attached hydrogens (primary N) is 1. The molecule has 1 aliphatic rings. The second-order valence-corrected chi connectivity index (χ2v) is 4.36. The van der Waals surface area contributed by atoms with Crippen molar-refractivity contribution in [2.45, 2.75) is 12.3 Å². The molecular weight excluding hydrogens is 247 g/mol. The van der Waals surface area contributed by atoms with E-state index in [1.807, 2.05) is 0 Å². The molecule has 2 rings (SSSR count). The van der Waals surface area contributed by atoms with Crippen LogP contribution in [0.2, 0.25) is 0 Å². The molecule has 0 radical (unpaired) electrons. The molecule has 14 heavy (non-hydrogen) atoms. The zero-order chi connectivity index (χ0) is 10.1. The summed E-state index contributed by atoms with van der Waals surface area (Å²) in [6, 6.07) is 3.39. The Bertz CT molecular complexity index is 354. The summed E-state index contributed by atoms with van der Waals surface area (Å²) in [5.74, 6) is 0.159. The predicted molar refractivity (Wildman–Crippen MR) is 59.0 cm³/mol. The number of fused-ring (bicyclic) bond motifs is 1. The van der Waals surface area contributed by atoms with Gasteiger partial charge < -0.3 is 11.1 Å². The summed E-state index contributed by atoms with van der Waals surface area (Å²) < 4.78 is 13.8. The Morgan fingerprint density at radius 1 is 1.57 bits per heavy atom. The van der Waals surface area contributed by atoms with Crippen molar-refractivity contribution in [1.29, 1.82) is 0 Å². The third-order valence-corrected chi connectivity index (χ3v) is 3.19. The Kier molecular flexibility index (Phi) is 2.74. The molecule has 1 aromatic rings. The first-order valence-electron chi connectivity index (χ1n) is 4.65. The zero-order valence-corrected chi connectivity index (χ0v) is 9.27. The average Bonchev–Trinajstić information content (AvgIpc) is 2.51. The van der Waals surface area contributed by atoms with Crippen LogP contribution >= 0.6 is 15.9 Å². The Hall–Kier alpha value is -0.610. The number of anilines is 1. The van der Waals surface area contributed by atoms with Gasteiger partial charge in [-0.25, -0.2) is 4.39 Å². The van der Waals surface area contributed by atoms with Crippen LogP contribution in [0, 0.1) is 5.82 Å². The lowest BCUT2D eigenvalue weighted by molar-refractivity contribution is 0.613. The lowest BCUT2D eigenvalue weighted by Crippen LogP contribution is -2.08. The summed E-state index contributed by atoms with van der Waals surface area (Å²) >= 11 is 3.17. The Labute approximate surface area is 90.8 Å². The largest absolute Gasteiger partial charge is 0.384 e. The van der Waals surface area contributed by atoms with Crippen molar-refractivity contribution in [3.8, 4) is 0 Å². The van der Waals surface area contributed by atoms with Gasteiger partial charge in [-0.3, -0.25) is 0 Å². The van der Waals surface area contributed by atoms with Gasteiger partial charge >= 0.3 is 0 Å². The molecule has 1 unspecified atom stereocenters. The minimum Gasteiger partial charge on any atom is -0.384 e. The van der Waals surface area contributed by atoms with Crippen LogP contribution < -0.4 is 11.1 Å². The smallest absolute Gasteiger partial charge is 0.137 e. The maximum atomic E-state index is 13.3. The highest BCUT2D eigenvalue weighted by Gasteiger charge is 2.22. The van der Waals surface area contributed by atoms with E-state index in [1.54, 1.807) is 12.1 Å². The van der Waals surface area contributed by atoms with Gasteiger partial charge in [0.1, 0.15) is 5.82 Å². The van der Waals surface area contributed by atoms with Gasteiger partial charge in [-0.1, -0.05) is 0 Å². The SMILES string of the molecule is NCCC1CNc2cc(Br)c(F)cc21. The van der Waals surface area contributed by atoms with Crippen molar-refractivity contribution in [2.75, 3.05) is 18.4 Å². The lowest BCUT2D eigenvalue weighted by Gasteiger charge is -2.08. The summed E-state index contributed by atoms with van der Waals surface area (Å²) in [6.45, 7) is 1.51. The Balaban J connectivity index is 2.35. The summed E-state index contributed by atoms with van der Waals surface area (Å²) in [7, 11) is 0. The van der Waals surface area contributed by atoms with E-state index < -0.39 is 0 Å². The second-order valence-electron chi connectivity index (χ2n) is 3.51. The highest BCUT2D eigenvalue weighted by Crippen LogP contribution is 2.36. The molecule has 0 bridgehead atoms. The standard InChI is InChI=1S/C10H12BrFN2/c11-8-4-10-7(3-9(8)12)6(1-2-13)5-14-10/h3-4,6,14H,1-2,5,13H2. The maximum absolute atomic E-state index is 13.3. The van der Waals surface area contributed by atoms with Gasteiger partial charge in [0.2, 0.25) is 0 Å². The fraction of sp³-hybridized carbons (Fsp3) is 0.400. The molecule has 0 aromatic heterocycles.